The summed E-state index contributed by atoms with van der Waals surface area (Å²) in [6, 6.07) is 18.9. The Labute approximate surface area is 194 Å². The fourth-order valence-corrected chi connectivity index (χ4v) is 4.15. The van der Waals surface area contributed by atoms with Gasteiger partial charge in [0.05, 0.1) is 23.0 Å². The van der Waals surface area contributed by atoms with Crippen LogP contribution in [-0.4, -0.2) is 17.8 Å². The van der Waals surface area contributed by atoms with E-state index in [0.29, 0.717) is 34.8 Å². The van der Waals surface area contributed by atoms with Crippen molar-refractivity contribution in [2.24, 2.45) is 5.10 Å². The second-order valence-corrected chi connectivity index (χ2v) is 8.39. The van der Waals surface area contributed by atoms with Gasteiger partial charge in [0.2, 0.25) is 5.13 Å². The van der Waals surface area contributed by atoms with Gasteiger partial charge in [0, 0.05) is 15.6 Å². The van der Waals surface area contributed by atoms with Gasteiger partial charge in [0.25, 0.3) is 0 Å². The number of para-hydroxylation sites is 1. The van der Waals surface area contributed by atoms with Gasteiger partial charge in [-0.2, -0.15) is 5.10 Å². The number of aromatic nitrogens is 1. The lowest BCUT2D eigenvalue weighted by Crippen LogP contribution is -2.01. The first-order chi connectivity index (χ1) is 15.1. The first kappa shape index (κ1) is 21.4. The van der Waals surface area contributed by atoms with Gasteiger partial charge in [-0.3, -0.25) is 5.43 Å². The van der Waals surface area contributed by atoms with Crippen LogP contribution in [-0.2, 0) is 6.61 Å². The molecule has 0 unspecified atom stereocenters. The monoisotopic (exact) mass is 471 g/mol. The first-order valence-corrected chi connectivity index (χ1v) is 11.2. The van der Waals surface area contributed by atoms with Crippen molar-refractivity contribution in [3.63, 3.8) is 0 Å². The Hall–Kier alpha value is -2.80. The molecule has 3 aromatic carbocycles. The number of anilines is 1. The summed E-state index contributed by atoms with van der Waals surface area (Å²) in [5.74, 6) is 1.26. The number of halogens is 2. The van der Waals surface area contributed by atoms with E-state index in [1.807, 2.05) is 55.5 Å². The van der Waals surface area contributed by atoms with Gasteiger partial charge in [-0.05, 0) is 55.0 Å². The minimum Gasteiger partial charge on any atom is -0.490 e. The molecule has 5 nitrogen and oxygen atoms in total. The number of benzene rings is 3. The summed E-state index contributed by atoms with van der Waals surface area (Å²) in [5.41, 5.74) is 5.65. The van der Waals surface area contributed by atoms with E-state index in [2.05, 4.69) is 15.5 Å². The SMILES string of the molecule is CCOc1cc(C=NNc2nc3ccccc3s2)ccc1OCc1ccc(Cl)cc1Cl. The van der Waals surface area contributed by atoms with Crippen molar-refractivity contribution >= 4 is 56.1 Å². The molecule has 0 radical (unpaired) electrons. The smallest absolute Gasteiger partial charge is 0.204 e. The van der Waals surface area contributed by atoms with Crippen LogP contribution < -0.4 is 14.9 Å². The van der Waals surface area contributed by atoms with Crippen LogP contribution >= 0.6 is 34.5 Å². The Morgan fingerprint density at radius 2 is 1.90 bits per heavy atom. The molecule has 31 heavy (non-hydrogen) atoms. The second-order valence-electron chi connectivity index (χ2n) is 6.52. The highest BCUT2D eigenvalue weighted by atomic mass is 35.5. The van der Waals surface area contributed by atoms with E-state index in [0.717, 1.165) is 26.5 Å². The average molecular weight is 472 g/mol. The molecule has 0 saturated heterocycles. The number of nitrogens with one attached hydrogen (secondary N) is 1. The normalized spacial score (nSPS) is 11.2. The first-order valence-electron chi connectivity index (χ1n) is 9.60. The quantitative estimate of drug-likeness (QED) is 0.221. The molecule has 1 heterocycles. The molecule has 1 aromatic heterocycles. The number of hydrogen-bond acceptors (Lipinski definition) is 6. The molecule has 0 fully saturated rings. The zero-order valence-electron chi connectivity index (χ0n) is 16.6. The molecule has 4 rings (SSSR count). The van der Waals surface area contributed by atoms with Crippen LogP contribution in [0.1, 0.15) is 18.1 Å². The largest absolute Gasteiger partial charge is 0.490 e. The van der Waals surface area contributed by atoms with Gasteiger partial charge in [0.1, 0.15) is 6.61 Å². The Morgan fingerprint density at radius 3 is 2.71 bits per heavy atom. The summed E-state index contributed by atoms with van der Waals surface area (Å²) in [4.78, 5) is 4.50. The van der Waals surface area contributed by atoms with Gasteiger partial charge >= 0.3 is 0 Å². The van der Waals surface area contributed by atoms with Crippen LogP contribution in [0.2, 0.25) is 10.0 Å². The van der Waals surface area contributed by atoms with E-state index in [-0.39, 0.29) is 0 Å². The van der Waals surface area contributed by atoms with Crippen LogP contribution in [0.5, 0.6) is 11.5 Å². The minimum atomic E-state index is 0.308. The molecule has 8 heteroatoms. The Bertz CT molecular complexity index is 1190. The zero-order chi connectivity index (χ0) is 21.6. The molecule has 4 aromatic rings. The lowest BCUT2D eigenvalue weighted by Gasteiger charge is -2.13. The van der Waals surface area contributed by atoms with E-state index in [4.69, 9.17) is 32.7 Å². The molecular weight excluding hydrogens is 453 g/mol. The lowest BCUT2D eigenvalue weighted by atomic mass is 10.2. The van der Waals surface area contributed by atoms with E-state index in [1.165, 1.54) is 0 Å². The highest BCUT2D eigenvalue weighted by molar-refractivity contribution is 7.22. The van der Waals surface area contributed by atoms with Crippen LogP contribution in [0.3, 0.4) is 0 Å². The summed E-state index contributed by atoms with van der Waals surface area (Å²) in [7, 11) is 0. The lowest BCUT2D eigenvalue weighted by molar-refractivity contribution is 0.269. The van der Waals surface area contributed by atoms with Crippen LogP contribution in [0.25, 0.3) is 10.2 Å². The number of rotatable bonds is 8. The fraction of sp³-hybridized carbons (Fsp3) is 0.130. The van der Waals surface area contributed by atoms with E-state index < -0.39 is 0 Å². The molecule has 0 bridgehead atoms. The van der Waals surface area contributed by atoms with Crippen molar-refractivity contribution in [2.75, 3.05) is 12.0 Å². The minimum absolute atomic E-state index is 0.308. The maximum Gasteiger partial charge on any atom is 0.204 e. The molecule has 0 aliphatic carbocycles. The van der Waals surface area contributed by atoms with Crippen LogP contribution in [0.4, 0.5) is 5.13 Å². The van der Waals surface area contributed by atoms with Crippen molar-refractivity contribution < 1.29 is 9.47 Å². The van der Waals surface area contributed by atoms with E-state index >= 15 is 0 Å². The number of nitrogens with zero attached hydrogens (tertiary/aromatic N) is 2. The molecule has 1 N–H and O–H groups in total. The summed E-state index contributed by atoms with van der Waals surface area (Å²) in [6.07, 6.45) is 1.72. The Balaban J connectivity index is 1.45. The Kier molecular flexibility index (Phi) is 6.92. The molecule has 0 amide bonds. The number of thiazole rings is 1. The van der Waals surface area contributed by atoms with Gasteiger partial charge < -0.3 is 9.47 Å². The zero-order valence-corrected chi connectivity index (χ0v) is 19.0. The van der Waals surface area contributed by atoms with E-state index in [9.17, 15) is 0 Å². The molecule has 0 atom stereocenters. The van der Waals surface area contributed by atoms with E-state index in [1.54, 1.807) is 29.7 Å². The number of ether oxygens (including phenoxy) is 2. The van der Waals surface area contributed by atoms with Crippen molar-refractivity contribution in [1.82, 2.24) is 4.98 Å². The molecular formula is C23H19Cl2N3O2S. The third-order valence-corrected chi connectivity index (χ3v) is 5.86. The molecule has 158 valence electrons. The summed E-state index contributed by atoms with van der Waals surface area (Å²) < 4.78 is 12.8. The maximum absolute atomic E-state index is 6.23. The van der Waals surface area contributed by atoms with Gasteiger partial charge in [-0.25, -0.2) is 4.98 Å². The highest BCUT2D eigenvalue weighted by Gasteiger charge is 2.09. The third-order valence-electron chi connectivity index (χ3n) is 4.33. The molecule has 0 saturated carbocycles. The van der Waals surface area contributed by atoms with Crippen molar-refractivity contribution in [2.45, 2.75) is 13.5 Å². The van der Waals surface area contributed by atoms with Crippen molar-refractivity contribution in [1.29, 1.82) is 0 Å². The van der Waals surface area contributed by atoms with Crippen LogP contribution in [0, 0.1) is 0 Å². The number of hydrogen-bond donors (Lipinski definition) is 1. The fourth-order valence-electron chi connectivity index (χ4n) is 2.87. The van der Waals surface area contributed by atoms with Crippen molar-refractivity contribution in [3.8, 4) is 11.5 Å². The summed E-state index contributed by atoms with van der Waals surface area (Å²) >= 11 is 13.7. The highest BCUT2D eigenvalue weighted by Crippen LogP contribution is 2.30. The predicted octanol–water partition coefficient (Wildman–Crippen LogP) is 7.03. The molecule has 0 aliphatic rings. The molecule has 0 spiro atoms. The van der Waals surface area contributed by atoms with Gasteiger partial charge in [-0.1, -0.05) is 52.7 Å². The van der Waals surface area contributed by atoms with Gasteiger partial charge in [0.15, 0.2) is 11.5 Å². The van der Waals surface area contributed by atoms with Gasteiger partial charge in [-0.15, -0.1) is 0 Å². The topological polar surface area (TPSA) is 55.7 Å². The van der Waals surface area contributed by atoms with Crippen LogP contribution in [0.15, 0.2) is 65.8 Å². The molecule has 0 aliphatic heterocycles. The summed E-state index contributed by atoms with van der Waals surface area (Å²) in [5, 5.41) is 6.19. The predicted molar refractivity (Wildman–Crippen MR) is 129 cm³/mol. The second kappa shape index (κ2) is 10.0. The standard InChI is InChI=1S/C23H19Cl2N3O2S/c1-2-29-21-11-15(13-26-28-23-27-19-5-3-4-6-22(19)31-23)7-10-20(21)30-14-16-8-9-17(24)12-18(16)25/h3-13H,2,14H2,1H3,(H,27,28). The Morgan fingerprint density at radius 1 is 1.03 bits per heavy atom. The third kappa shape index (κ3) is 5.47. The number of hydrazone groups is 1. The number of fused-ring (bicyclic) bond motifs is 1. The maximum atomic E-state index is 6.23. The van der Waals surface area contributed by atoms with Crippen molar-refractivity contribution in [3.05, 3.63) is 81.8 Å². The average Bonchev–Trinajstić information content (AvgIpc) is 3.17. The summed E-state index contributed by atoms with van der Waals surface area (Å²) in [6.45, 7) is 2.75.